The Bertz CT molecular complexity index is 643. The van der Waals surface area contributed by atoms with Crippen LogP contribution in [0.2, 0.25) is 0 Å². The summed E-state index contributed by atoms with van der Waals surface area (Å²) < 4.78 is 0. The molecule has 7 nitrogen and oxygen atoms in total. The van der Waals surface area contributed by atoms with Crippen LogP contribution in [0.5, 0.6) is 0 Å². The molecule has 1 heterocycles. The van der Waals surface area contributed by atoms with Gasteiger partial charge in [0.1, 0.15) is 0 Å². The van der Waals surface area contributed by atoms with Crippen molar-refractivity contribution in [1.82, 2.24) is 14.7 Å². The molecular formula is C19H28N4O3. The molecule has 1 aromatic carbocycles. The molecule has 1 N–H and O–H groups in total. The Kier molecular flexibility index (Phi) is 7.15. The van der Waals surface area contributed by atoms with Crippen LogP contribution in [0.4, 0.5) is 5.69 Å². The van der Waals surface area contributed by atoms with E-state index in [0.29, 0.717) is 26.1 Å². The van der Waals surface area contributed by atoms with Crippen molar-refractivity contribution in [3.8, 4) is 0 Å². The number of amides is 3. The summed E-state index contributed by atoms with van der Waals surface area (Å²) in [6.07, 6.45) is 1.21. The molecule has 0 spiro atoms. The van der Waals surface area contributed by atoms with E-state index in [1.54, 1.807) is 31.1 Å². The lowest BCUT2D eigenvalue weighted by molar-refractivity contribution is -0.130. The van der Waals surface area contributed by atoms with Gasteiger partial charge in [0.15, 0.2) is 0 Å². The summed E-state index contributed by atoms with van der Waals surface area (Å²) in [5, 5.41) is 2.71. The molecule has 1 aliphatic heterocycles. The molecule has 1 saturated heterocycles. The van der Waals surface area contributed by atoms with Gasteiger partial charge in [0.2, 0.25) is 17.7 Å². The molecular weight excluding hydrogens is 332 g/mol. The Hall–Kier alpha value is -2.41. The quantitative estimate of drug-likeness (QED) is 0.843. The van der Waals surface area contributed by atoms with E-state index in [4.69, 9.17) is 0 Å². The van der Waals surface area contributed by atoms with E-state index >= 15 is 0 Å². The zero-order valence-electron chi connectivity index (χ0n) is 15.8. The highest BCUT2D eigenvalue weighted by Gasteiger charge is 2.21. The Morgan fingerprint density at radius 1 is 1.04 bits per heavy atom. The number of nitrogens with one attached hydrogen (secondary N) is 1. The van der Waals surface area contributed by atoms with Crippen molar-refractivity contribution in [3.05, 3.63) is 29.8 Å². The monoisotopic (exact) mass is 360 g/mol. The second-order valence-electron chi connectivity index (χ2n) is 6.85. The summed E-state index contributed by atoms with van der Waals surface area (Å²) in [7, 11) is 3.51. The summed E-state index contributed by atoms with van der Waals surface area (Å²) in [4.78, 5) is 41.1. The fourth-order valence-electron chi connectivity index (χ4n) is 2.91. The number of carbonyl (C=O) groups is 3. The third-order valence-electron chi connectivity index (χ3n) is 4.43. The van der Waals surface area contributed by atoms with Crippen LogP contribution in [0, 0.1) is 0 Å². The van der Waals surface area contributed by atoms with Gasteiger partial charge >= 0.3 is 0 Å². The van der Waals surface area contributed by atoms with E-state index in [9.17, 15) is 14.4 Å². The van der Waals surface area contributed by atoms with Crippen molar-refractivity contribution in [2.45, 2.75) is 19.8 Å². The largest absolute Gasteiger partial charge is 0.348 e. The van der Waals surface area contributed by atoms with E-state index < -0.39 is 0 Å². The van der Waals surface area contributed by atoms with Crippen molar-refractivity contribution >= 4 is 23.4 Å². The first-order valence-electron chi connectivity index (χ1n) is 8.92. The smallest absolute Gasteiger partial charge is 0.236 e. The Morgan fingerprint density at radius 3 is 2.35 bits per heavy atom. The van der Waals surface area contributed by atoms with Gasteiger partial charge in [-0.1, -0.05) is 12.1 Å². The van der Waals surface area contributed by atoms with Crippen LogP contribution in [0.25, 0.3) is 0 Å². The summed E-state index contributed by atoms with van der Waals surface area (Å²) in [5.74, 6) is 0.0674. The molecule has 1 fully saturated rings. The van der Waals surface area contributed by atoms with Crippen molar-refractivity contribution in [2.24, 2.45) is 0 Å². The van der Waals surface area contributed by atoms with Gasteiger partial charge in [0, 0.05) is 52.9 Å². The second-order valence-corrected chi connectivity index (χ2v) is 6.85. The molecule has 1 aliphatic rings. The molecule has 0 aromatic heterocycles. The standard InChI is InChI=1S/C19H28N4O3/c1-15(24)20-17-7-5-16(6-8-17)13-18(25)23-10-4-9-22(11-12-23)14-19(26)21(2)3/h5-8H,4,9-14H2,1-3H3,(H,20,24). The number of hydrogen-bond donors (Lipinski definition) is 1. The van der Waals surface area contributed by atoms with Gasteiger partial charge in [-0.2, -0.15) is 0 Å². The average molecular weight is 360 g/mol. The molecule has 26 heavy (non-hydrogen) atoms. The number of rotatable bonds is 5. The summed E-state index contributed by atoms with van der Waals surface area (Å²) in [5.41, 5.74) is 1.65. The topological polar surface area (TPSA) is 73.0 Å². The highest BCUT2D eigenvalue weighted by molar-refractivity contribution is 5.88. The highest BCUT2D eigenvalue weighted by atomic mass is 16.2. The molecule has 142 valence electrons. The van der Waals surface area contributed by atoms with E-state index in [2.05, 4.69) is 10.2 Å². The minimum atomic E-state index is -0.115. The third-order valence-corrected chi connectivity index (χ3v) is 4.43. The lowest BCUT2D eigenvalue weighted by atomic mass is 10.1. The van der Waals surface area contributed by atoms with Gasteiger partial charge < -0.3 is 15.1 Å². The Balaban J connectivity index is 1.86. The summed E-state index contributed by atoms with van der Waals surface area (Å²) >= 11 is 0. The van der Waals surface area contributed by atoms with E-state index in [-0.39, 0.29) is 17.7 Å². The van der Waals surface area contributed by atoms with Crippen LogP contribution in [0.15, 0.2) is 24.3 Å². The predicted octanol–water partition coefficient (Wildman–Crippen LogP) is 0.810. The number of hydrogen-bond acceptors (Lipinski definition) is 4. The van der Waals surface area contributed by atoms with Gasteiger partial charge in [-0.25, -0.2) is 0 Å². The maximum atomic E-state index is 12.6. The minimum absolute atomic E-state index is 0.0871. The zero-order valence-corrected chi connectivity index (χ0v) is 15.8. The van der Waals surface area contributed by atoms with Gasteiger partial charge in [-0.05, 0) is 24.1 Å². The fraction of sp³-hybridized carbons (Fsp3) is 0.526. The summed E-state index contributed by atoms with van der Waals surface area (Å²) in [6, 6.07) is 7.34. The maximum Gasteiger partial charge on any atom is 0.236 e. The number of carbonyl (C=O) groups excluding carboxylic acids is 3. The minimum Gasteiger partial charge on any atom is -0.348 e. The number of nitrogens with zero attached hydrogens (tertiary/aromatic N) is 3. The van der Waals surface area contributed by atoms with Crippen LogP contribution in [-0.4, -0.2) is 79.2 Å². The average Bonchev–Trinajstić information content (AvgIpc) is 2.81. The van der Waals surface area contributed by atoms with Gasteiger partial charge in [-0.3, -0.25) is 19.3 Å². The molecule has 7 heteroatoms. The fourth-order valence-corrected chi connectivity index (χ4v) is 2.91. The van der Waals surface area contributed by atoms with Crippen molar-refractivity contribution in [1.29, 1.82) is 0 Å². The number of anilines is 1. The molecule has 0 unspecified atom stereocenters. The van der Waals surface area contributed by atoms with Crippen LogP contribution in [0.3, 0.4) is 0 Å². The molecule has 0 aliphatic carbocycles. The Labute approximate surface area is 154 Å². The second kappa shape index (κ2) is 9.33. The first-order valence-corrected chi connectivity index (χ1v) is 8.92. The SMILES string of the molecule is CC(=O)Nc1ccc(CC(=O)N2CCCN(CC(=O)N(C)C)CC2)cc1. The van der Waals surface area contributed by atoms with Crippen molar-refractivity contribution < 1.29 is 14.4 Å². The molecule has 0 atom stereocenters. The number of benzene rings is 1. The molecule has 1 aromatic rings. The molecule has 0 bridgehead atoms. The molecule has 0 saturated carbocycles. The van der Waals surface area contributed by atoms with Crippen molar-refractivity contribution in [3.63, 3.8) is 0 Å². The van der Waals surface area contributed by atoms with Crippen LogP contribution < -0.4 is 5.32 Å². The van der Waals surface area contributed by atoms with Crippen LogP contribution in [-0.2, 0) is 20.8 Å². The van der Waals surface area contributed by atoms with Gasteiger partial charge in [0.05, 0.1) is 13.0 Å². The molecule has 0 radical (unpaired) electrons. The Morgan fingerprint density at radius 2 is 1.73 bits per heavy atom. The van der Waals surface area contributed by atoms with Crippen molar-refractivity contribution in [2.75, 3.05) is 52.1 Å². The molecule has 2 rings (SSSR count). The lowest BCUT2D eigenvalue weighted by Crippen LogP contribution is -2.39. The van der Waals surface area contributed by atoms with E-state index in [1.807, 2.05) is 17.0 Å². The van der Waals surface area contributed by atoms with E-state index in [0.717, 1.165) is 30.8 Å². The highest BCUT2D eigenvalue weighted by Crippen LogP contribution is 2.12. The normalized spacial score (nSPS) is 15.3. The van der Waals surface area contributed by atoms with Gasteiger partial charge in [-0.15, -0.1) is 0 Å². The predicted molar refractivity (Wildman–Crippen MR) is 101 cm³/mol. The lowest BCUT2D eigenvalue weighted by Gasteiger charge is -2.23. The first-order chi connectivity index (χ1) is 12.3. The van der Waals surface area contributed by atoms with Crippen LogP contribution in [0.1, 0.15) is 18.9 Å². The number of likely N-dealkylation sites (N-methyl/N-ethyl adjacent to an activating group) is 1. The van der Waals surface area contributed by atoms with Gasteiger partial charge in [0.25, 0.3) is 0 Å². The first kappa shape index (κ1) is 19.9. The molecule has 3 amide bonds. The summed E-state index contributed by atoms with van der Waals surface area (Å²) in [6.45, 7) is 4.77. The third kappa shape index (κ3) is 6.15. The zero-order chi connectivity index (χ0) is 19.1. The van der Waals surface area contributed by atoms with Crippen LogP contribution >= 0.6 is 0 Å². The van der Waals surface area contributed by atoms with E-state index in [1.165, 1.54) is 6.92 Å². The maximum absolute atomic E-state index is 12.6.